The van der Waals surface area contributed by atoms with Gasteiger partial charge in [0.05, 0.1) is 5.69 Å². The molecule has 1 saturated carbocycles. The molecule has 21 heavy (non-hydrogen) atoms. The largest absolute Gasteiger partial charge is 0.398 e. The number of benzene rings is 1. The van der Waals surface area contributed by atoms with Gasteiger partial charge in [0.15, 0.2) is 0 Å². The van der Waals surface area contributed by atoms with Gasteiger partial charge in [0, 0.05) is 13.6 Å². The molecular weight excluding hydrogens is 284 g/mol. The maximum atomic E-state index is 12.8. The Kier molecular flexibility index (Phi) is 4.94. The zero-order valence-electron chi connectivity index (χ0n) is 13.2. The molecule has 0 bridgehead atoms. The molecule has 1 aromatic carbocycles. The molecule has 1 aromatic rings. The molecule has 0 atom stereocenters. The van der Waals surface area contributed by atoms with Crippen molar-refractivity contribution >= 4 is 15.7 Å². The Hall–Kier alpha value is -1.07. The van der Waals surface area contributed by atoms with Crippen LogP contribution in [0.25, 0.3) is 0 Å². The van der Waals surface area contributed by atoms with E-state index in [2.05, 4.69) is 0 Å². The third-order valence-corrected chi connectivity index (χ3v) is 6.64. The van der Waals surface area contributed by atoms with E-state index < -0.39 is 10.0 Å². The molecule has 1 aliphatic carbocycles. The molecule has 2 N–H and O–H groups in total. The summed E-state index contributed by atoms with van der Waals surface area (Å²) in [4.78, 5) is 0.279. The van der Waals surface area contributed by atoms with Gasteiger partial charge in [-0.1, -0.05) is 25.3 Å². The second-order valence-corrected chi connectivity index (χ2v) is 8.20. The SMILES string of the molecule is Cc1ccc(N)c(S(=O)(=O)N(C)CC2CCCCC2)c1C. The smallest absolute Gasteiger partial charge is 0.245 e. The van der Waals surface area contributed by atoms with Crippen molar-refractivity contribution < 1.29 is 8.42 Å². The highest BCUT2D eigenvalue weighted by molar-refractivity contribution is 7.89. The predicted molar refractivity (Wildman–Crippen MR) is 86.7 cm³/mol. The summed E-state index contributed by atoms with van der Waals surface area (Å²) >= 11 is 0. The fraction of sp³-hybridized carbons (Fsp3) is 0.625. The third kappa shape index (κ3) is 3.40. The minimum atomic E-state index is -3.51. The van der Waals surface area contributed by atoms with Crippen LogP contribution in [-0.4, -0.2) is 26.3 Å². The standard InChI is InChI=1S/C16H26N2O2S/c1-12-9-10-15(17)16(13(12)2)21(19,20)18(3)11-14-7-5-4-6-8-14/h9-10,14H,4-8,11,17H2,1-3H3. The molecule has 0 saturated heterocycles. The zero-order valence-corrected chi connectivity index (χ0v) is 14.0. The molecule has 4 nitrogen and oxygen atoms in total. The molecule has 1 aliphatic rings. The molecule has 0 spiro atoms. The molecule has 2 rings (SSSR count). The summed E-state index contributed by atoms with van der Waals surface area (Å²) in [5.41, 5.74) is 7.99. The zero-order chi connectivity index (χ0) is 15.6. The van der Waals surface area contributed by atoms with Gasteiger partial charge in [-0.15, -0.1) is 0 Å². The van der Waals surface area contributed by atoms with Crippen LogP contribution in [0.2, 0.25) is 0 Å². The molecule has 0 radical (unpaired) electrons. The number of hydrogen-bond donors (Lipinski definition) is 1. The maximum Gasteiger partial charge on any atom is 0.245 e. The normalized spacial score (nSPS) is 17.3. The number of sulfonamides is 1. The number of nitrogens with zero attached hydrogens (tertiary/aromatic N) is 1. The second kappa shape index (κ2) is 6.36. The summed E-state index contributed by atoms with van der Waals surface area (Å²) in [7, 11) is -1.84. The van der Waals surface area contributed by atoms with Gasteiger partial charge < -0.3 is 5.73 Å². The molecule has 0 heterocycles. The van der Waals surface area contributed by atoms with Crippen molar-refractivity contribution in [3.8, 4) is 0 Å². The Labute approximate surface area is 128 Å². The molecular formula is C16H26N2O2S. The van der Waals surface area contributed by atoms with Gasteiger partial charge in [0.2, 0.25) is 10.0 Å². The lowest BCUT2D eigenvalue weighted by Crippen LogP contribution is -2.33. The first kappa shape index (κ1) is 16.3. The number of aryl methyl sites for hydroxylation is 1. The van der Waals surface area contributed by atoms with Gasteiger partial charge in [-0.2, -0.15) is 0 Å². The Morgan fingerprint density at radius 2 is 1.81 bits per heavy atom. The molecule has 118 valence electrons. The van der Waals surface area contributed by atoms with Crippen LogP contribution in [0.4, 0.5) is 5.69 Å². The van der Waals surface area contributed by atoms with Gasteiger partial charge >= 0.3 is 0 Å². The first-order chi connectivity index (χ1) is 9.84. The van der Waals surface area contributed by atoms with Crippen LogP contribution in [0, 0.1) is 19.8 Å². The van der Waals surface area contributed by atoms with Crippen LogP contribution in [0.5, 0.6) is 0 Å². The number of rotatable bonds is 4. The van der Waals surface area contributed by atoms with Crippen molar-refractivity contribution in [1.29, 1.82) is 0 Å². The quantitative estimate of drug-likeness (QED) is 0.869. The average molecular weight is 310 g/mol. The lowest BCUT2D eigenvalue weighted by Gasteiger charge is -2.27. The van der Waals surface area contributed by atoms with E-state index in [1.165, 1.54) is 23.6 Å². The van der Waals surface area contributed by atoms with Crippen molar-refractivity contribution in [2.75, 3.05) is 19.3 Å². The van der Waals surface area contributed by atoms with E-state index in [4.69, 9.17) is 5.73 Å². The highest BCUT2D eigenvalue weighted by Crippen LogP contribution is 2.30. The van der Waals surface area contributed by atoms with Crippen LogP contribution < -0.4 is 5.73 Å². The molecule has 0 aliphatic heterocycles. The van der Waals surface area contributed by atoms with Crippen molar-refractivity contribution in [3.05, 3.63) is 23.3 Å². The third-order valence-electron chi connectivity index (χ3n) is 4.62. The highest BCUT2D eigenvalue weighted by atomic mass is 32.2. The molecule has 1 fully saturated rings. The van der Waals surface area contributed by atoms with Crippen LogP contribution in [0.15, 0.2) is 17.0 Å². The van der Waals surface area contributed by atoms with Crippen LogP contribution in [0.1, 0.15) is 43.2 Å². The predicted octanol–water partition coefficient (Wildman–Crippen LogP) is 3.09. The Bertz CT molecular complexity index is 605. The van der Waals surface area contributed by atoms with Crippen molar-refractivity contribution in [3.63, 3.8) is 0 Å². The van der Waals surface area contributed by atoms with E-state index in [0.717, 1.165) is 24.0 Å². The van der Waals surface area contributed by atoms with Crippen molar-refractivity contribution in [2.24, 2.45) is 5.92 Å². The summed E-state index contributed by atoms with van der Waals surface area (Å²) in [6.07, 6.45) is 5.95. The first-order valence-corrected chi connectivity index (χ1v) is 9.10. The van der Waals surface area contributed by atoms with Gasteiger partial charge in [0.1, 0.15) is 4.90 Å². The van der Waals surface area contributed by atoms with Crippen molar-refractivity contribution in [1.82, 2.24) is 4.31 Å². The summed E-state index contributed by atoms with van der Waals surface area (Å²) < 4.78 is 27.2. The summed E-state index contributed by atoms with van der Waals surface area (Å²) in [6, 6.07) is 3.55. The summed E-state index contributed by atoms with van der Waals surface area (Å²) in [5, 5.41) is 0. The van der Waals surface area contributed by atoms with Crippen molar-refractivity contribution in [2.45, 2.75) is 50.8 Å². The van der Waals surface area contributed by atoms with Gasteiger partial charge in [0.25, 0.3) is 0 Å². The van der Waals surface area contributed by atoms with E-state index in [1.54, 1.807) is 13.1 Å². The van der Waals surface area contributed by atoms with Gasteiger partial charge in [-0.3, -0.25) is 0 Å². The van der Waals surface area contributed by atoms with Crippen LogP contribution in [0.3, 0.4) is 0 Å². The summed E-state index contributed by atoms with van der Waals surface area (Å²) in [5.74, 6) is 0.477. The second-order valence-electron chi connectivity index (χ2n) is 6.22. The Balaban J connectivity index is 2.27. The first-order valence-electron chi connectivity index (χ1n) is 7.66. The summed E-state index contributed by atoms with van der Waals surface area (Å²) in [6.45, 7) is 4.33. The van der Waals surface area contributed by atoms with E-state index >= 15 is 0 Å². The minimum absolute atomic E-state index is 0.279. The fourth-order valence-electron chi connectivity index (χ4n) is 3.14. The lowest BCUT2D eigenvalue weighted by atomic mass is 9.89. The Morgan fingerprint density at radius 3 is 2.43 bits per heavy atom. The number of anilines is 1. The maximum absolute atomic E-state index is 12.8. The number of hydrogen-bond acceptors (Lipinski definition) is 3. The molecule has 5 heteroatoms. The van der Waals surface area contributed by atoms with Crippen LogP contribution in [-0.2, 0) is 10.0 Å². The highest BCUT2D eigenvalue weighted by Gasteiger charge is 2.28. The average Bonchev–Trinajstić information content (AvgIpc) is 2.44. The molecule has 0 amide bonds. The fourth-order valence-corrected chi connectivity index (χ4v) is 4.77. The van der Waals surface area contributed by atoms with E-state index in [-0.39, 0.29) is 4.90 Å². The van der Waals surface area contributed by atoms with E-state index in [1.807, 2.05) is 19.9 Å². The lowest BCUT2D eigenvalue weighted by molar-refractivity contribution is 0.300. The van der Waals surface area contributed by atoms with E-state index in [9.17, 15) is 8.42 Å². The monoisotopic (exact) mass is 310 g/mol. The van der Waals surface area contributed by atoms with Gasteiger partial charge in [-0.25, -0.2) is 12.7 Å². The van der Waals surface area contributed by atoms with Gasteiger partial charge in [-0.05, 0) is 49.8 Å². The Morgan fingerprint density at radius 1 is 1.19 bits per heavy atom. The topological polar surface area (TPSA) is 63.4 Å². The molecule has 0 unspecified atom stereocenters. The number of nitrogens with two attached hydrogens (primary N) is 1. The number of nitrogen functional groups attached to an aromatic ring is 1. The van der Waals surface area contributed by atoms with E-state index in [0.29, 0.717) is 18.2 Å². The van der Waals surface area contributed by atoms with Crippen LogP contribution >= 0.6 is 0 Å². The minimum Gasteiger partial charge on any atom is -0.398 e. The molecule has 0 aromatic heterocycles.